The van der Waals surface area contributed by atoms with Gasteiger partial charge in [-0.05, 0) is 56.4 Å². The molecule has 10 heteroatoms. The zero-order valence-corrected chi connectivity index (χ0v) is 21.7. The van der Waals surface area contributed by atoms with Crippen LogP contribution in [0.15, 0.2) is 53.5 Å². The van der Waals surface area contributed by atoms with Gasteiger partial charge in [0.1, 0.15) is 5.75 Å². The second-order valence-electron chi connectivity index (χ2n) is 7.54. The van der Waals surface area contributed by atoms with Crippen molar-refractivity contribution in [3.8, 4) is 5.75 Å². The minimum atomic E-state index is -2.84. The van der Waals surface area contributed by atoms with Crippen molar-refractivity contribution in [1.29, 1.82) is 0 Å². The molecule has 0 radical (unpaired) electrons. The molecule has 1 amide bonds. The van der Waals surface area contributed by atoms with Gasteiger partial charge < -0.3 is 25.2 Å². The third kappa shape index (κ3) is 10.8. The molecule has 2 aromatic rings. The third-order valence-electron chi connectivity index (χ3n) is 4.35. The molecule has 0 fully saturated rings. The Hall–Kier alpha value is -2.47. The summed E-state index contributed by atoms with van der Waals surface area (Å²) >= 11 is 0. The minimum absolute atomic E-state index is 0. The smallest absolute Gasteiger partial charge is 0.387 e. The van der Waals surface area contributed by atoms with Gasteiger partial charge in [-0.25, -0.2) is 4.99 Å². The second-order valence-corrected chi connectivity index (χ2v) is 7.54. The predicted molar refractivity (Wildman–Crippen MR) is 138 cm³/mol. The number of likely N-dealkylation sites (N-methyl/N-ethyl adjacent to an activating group) is 1. The number of carbonyl (C=O) groups is 1. The molecule has 0 atom stereocenters. The number of nitrogens with zero attached hydrogens (tertiary/aromatic N) is 3. The van der Waals surface area contributed by atoms with Crippen molar-refractivity contribution in [1.82, 2.24) is 15.1 Å². The SMILES string of the molecule is CCNC(=NCc1cccc(NC(=O)CN(C)C)c1)N(C)Cc1ccc(OC(F)F)cc1.I. The minimum Gasteiger partial charge on any atom is -0.435 e. The summed E-state index contributed by atoms with van der Waals surface area (Å²) in [5, 5.41) is 6.14. The van der Waals surface area contributed by atoms with E-state index in [1.54, 1.807) is 17.0 Å². The van der Waals surface area contributed by atoms with Crippen molar-refractivity contribution in [2.45, 2.75) is 26.6 Å². The number of benzene rings is 2. The van der Waals surface area contributed by atoms with E-state index >= 15 is 0 Å². The van der Waals surface area contributed by atoms with Gasteiger partial charge in [-0.3, -0.25) is 4.79 Å². The van der Waals surface area contributed by atoms with Crippen molar-refractivity contribution < 1.29 is 18.3 Å². The average Bonchev–Trinajstić information content (AvgIpc) is 2.71. The number of guanidine groups is 1. The van der Waals surface area contributed by atoms with Gasteiger partial charge in [-0.15, -0.1) is 24.0 Å². The Morgan fingerprint density at radius 1 is 1.09 bits per heavy atom. The van der Waals surface area contributed by atoms with Gasteiger partial charge in [-0.2, -0.15) is 8.78 Å². The van der Waals surface area contributed by atoms with Crippen LogP contribution in [0.4, 0.5) is 14.5 Å². The van der Waals surface area contributed by atoms with Crippen LogP contribution in [0.3, 0.4) is 0 Å². The first-order valence-corrected chi connectivity index (χ1v) is 10.3. The number of alkyl halides is 2. The van der Waals surface area contributed by atoms with Gasteiger partial charge in [-0.1, -0.05) is 24.3 Å². The van der Waals surface area contributed by atoms with Gasteiger partial charge in [0.15, 0.2) is 5.96 Å². The van der Waals surface area contributed by atoms with E-state index in [9.17, 15) is 13.6 Å². The van der Waals surface area contributed by atoms with Crippen LogP contribution >= 0.6 is 24.0 Å². The summed E-state index contributed by atoms with van der Waals surface area (Å²) < 4.78 is 29.0. The van der Waals surface area contributed by atoms with Crippen molar-refractivity contribution in [3.05, 3.63) is 59.7 Å². The number of rotatable bonds is 10. The molecule has 2 aromatic carbocycles. The second kappa shape index (κ2) is 14.6. The monoisotopic (exact) mass is 575 g/mol. The maximum Gasteiger partial charge on any atom is 0.387 e. The summed E-state index contributed by atoms with van der Waals surface area (Å²) in [5.41, 5.74) is 2.63. The summed E-state index contributed by atoms with van der Waals surface area (Å²) in [6.07, 6.45) is 0. The maximum absolute atomic E-state index is 12.3. The number of ether oxygens (including phenoxy) is 1. The molecule has 0 saturated carbocycles. The molecule has 2 N–H and O–H groups in total. The van der Waals surface area contributed by atoms with E-state index in [1.807, 2.05) is 57.2 Å². The summed E-state index contributed by atoms with van der Waals surface area (Å²) in [5.74, 6) is 0.765. The van der Waals surface area contributed by atoms with Crippen LogP contribution in [-0.4, -0.2) is 62.5 Å². The van der Waals surface area contributed by atoms with E-state index in [0.29, 0.717) is 32.1 Å². The zero-order chi connectivity index (χ0) is 23.5. The van der Waals surface area contributed by atoms with Crippen molar-refractivity contribution in [3.63, 3.8) is 0 Å². The van der Waals surface area contributed by atoms with E-state index in [2.05, 4.69) is 15.4 Å². The first-order chi connectivity index (χ1) is 15.3. The highest BCUT2D eigenvalue weighted by Gasteiger charge is 2.09. The standard InChI is InChI=1S/C23H31F2N5O2.HI/c1-5-26-23(30(4)15-17-9-11-20(12-10-17)32-22(24)25)27-14-18-7-6-8-19(13-18)28-21(31)16-29(2)3;/h6-13,22H,5,14-16H2,1-4H3,(H,26,27)(H,28,31);1H. The van der Waals surface area contributed by atoms with Gasteiger partial charge in [0.25, 0.3) is 0 Å². The van der Waals surface area contributed by atoms with Crippen LogP contribution in [-0.2, 0) is 17.9 Å². The van der Waals surface area contributed by atoms with E-state index in [1.165, 1.54) is 12.1 Å². The first-order valence-electron chi connectivity index (χ1n) is 10.3. The number of anilines is 1. The fraction of sp³-hybridized carbons (Fsp3) is 0.391. The van der Waals surface area contributed by atoms with E-state index < -0.39 is 6.61 Å². The molecule has 0 heterocycles. The molecular formula is C23H32F2IN5O2. The summed E-state index contributed by atoms with van der Waals surface area (Å²) in [6, 6.07) is 14.1. The Kier molecular flexibility index (Phi) is 12.7. The van der Waals surface area contributed by atoms with Crippen LogP contribution < -0.4 is 15.4 Å². The quantitative estimate of drug-likeness (QED) is 0.255. The lowest BCUT2D eigenvalue weighted by molar-refractivity contribution is -0.116. The van der Waals surface area contributed by atoms with E-state index in [4.69, 9.17) is 4.99 Å². The Balaban J connectivity index is 0.00000544. The van der Waals surface area contributed by atoms with Crippen LogP contribution in [0.5, 0.6) is 5.75 Å². The van der Waals surface area contributed by atoms with Gasteiger partial charge >= 0.3 is 6.61 Å². The lowest BCUT2D eigenvalue weighted by atomic mass is 10.2. The molecule has 0 aromatic heterocycles. The molecule has 0 aliphatic carbocycles. The number of amides is 1. The van der Waals surface area contributed by atoms with Gasteiger partial charge in [0.2, 0.25) is 5.91 Å². The highest BCUT2D eigenvalue weighted by Crippen LogP contribution is 2.16. The molecule has 0 spiro atoms. The predicted octanol–water partition coefficient (Wildman–Crippen LogP) is 4.00. The maximum atomic E-state index is 12.3. The Labute approximate surface area is 211 Å². The van der Waals surface area contributed by atoms with Gasteiger partial charge in [0, 0.05) is 25.8 Å². The molecule has 0 aliphatic rings. The van der Waals surface area contributed by atoms with E-state index in [0.717, 1.165) is 16.8 Å². The normalized spacial score (nSPS) is 11.2. The highest BCUT2D eigenvalue weighted by atomic mass is 127. The van der Waals surface area contributed by atoms with Crippen LogP contribution in [0.25, 0.3) is 0 Å². The molecule has 182 valence electrons. The summed E-state index contributed by atoms with van der Waals surface area (Å²) in [6.45, 7) is 1.14. The molecular weight excluding hydrogens is 543 g/mol. The Morgan fingerprint density at radius 3 is 2.39 bits per heavy atom. The zero-order valence-electron chi connectivity index (χ0n) is 19.3. The van der Waals surface area contributed by atoms with Crippen LogP contribution in [0.2, 0.25) is 0 Å². The lowest BCUT2D eigenvalue weighted by Gasteiger charge is -2.22. The highest BCUT2D eigenvalue weighted by molar-refractivity contribution is 14.0. The fourth-order valence-corrected chi connectivity index (χ4v) is 3.00. The largest absolute Gasteiger partial charge is 0.435 e. The Bertz CT molecular complexity index is 895. The Morgan fingerprint density at radius 2 is 1.79 bits per heavy atom. The summed E-state index contributed by atoms with van der Waals surface area (Å²) in [7, 11) is 5.59. The molecule has 0 unspecified atom stereocenters. The van der Waals surface area contributed by atoms with Crippen molar-refractivity contribution in [2.75, 3.05) is 39.5 Å². The van der Waals surface area contributed by atoms with E-state index in [-0.39, 0.29) is 35.6 Å². The first kappa shape index (κ1) is 28.6. The van der Waals surface area contributed by atoms with Gasteiger partial charge in [0.05, 0.1) is 13.1 Å². The third-order valence-corrected chi connectivity index (χ3v) is 4.35. The fourth-order valence-electron chi connectivity index (χ4n) is 3.00. The number of aliphatic imine (C=N–C) groups is 1. The average molecular weight is 575 g/mol. The van der Waals surface area contributed by atoms with Crippen LogP contribution in [0, 0.1) is 0 Å². The van der Waals surface area contributed by atoms with Crippen molar-refractivity contribution in [2.24, 2.45) is 4.99 Å². The lowest BCUT2D eigenvalue weighted by Crippen LogP contribution is -2.38. The number of hydrogen-bond acceptors (Lipinski definition) is 4. The number of nitrogens with one attached hydrogen (secondary N) is 2. The molecule has 2 rings (SSSR count). The topological polar surface area (TPSA) is 69.2 Å². The molecule has 0 aliphatic heterocycles. The molecule has 33 heavy (non-hydrogen) atoms. The number of halogens is 3. The number of carbonyl (C=O) groups excluding carboxylic acids is 1. The molecule has 7 nitrogen and oxygen atoms in total. The molecule has 0 saturated heterocycles. The number of hydrogen-bond donors (Lipinski definition) is 2. The van der Waals surface area contributed by atoms with Crippen molar-refractivity contribution >= 4 is 41.5 Å². The van der Waals surface area contributed by atoms with Crippen LogP contribution in [0.1, 0.15) is 18.1 Å². The summed E-state index contributed by atoms with van der Waals surface area (Å²) in [4.78, 5) is 20.4. The molecule has 0 bridgehead atoms.